The maximum absolute atomic E-state index is 9.82. The first-order valence-corrected chi connectivity index (χ1v) is 5.20. The van der Waals surface area contributed by atoms with E-state index in [1.165, 1.54) is 7.11 Å². The van der Waals surface area contributed by atoms with Crippen LogP contribution in [0.5, 0.6) is 11.5 Å². The molecule has 1 heterocycles. The summed E-state index contributed by atoms with van der Waals surface area (Å²) in [6, 6.07) is 5.29. The molecule has 1 aromatic carbocycles. The molecule has 0 aliphatic heterocycles. The van der Waals surface area contributed by atoms with Crippen molar-refractivity contribution in [3.63, 3.8) is 0 Å². The molecule has 5 heteroatoms. The maximum Gasteiger partial charge on any atom is 0.163 e. The summed E-state index contributed by atoms with van der Waals surface area (Å²) in [5.41, 5.74) is 8.12. The van der Waals surface area contributed by atoms with Crippen LogP contribution in [0.4, 0.5) is 5.82 Å². The van der Waals surface area contributed by atoms with Crippen LogP contribution in [-0.4, -0.2) is 22.0 Å². The van der Waals surface area contributed by atoms with Gasteiger partial charge in [-0.05, 0) is 24.6 Å². The largest absolute Gasteiger partial charge is 0.504 e. The van der Waals surface area contributed by atoms with E-state index in [1.54, 1.807) is 23.9 Å². The van der Waals surface area contributed by atoms with Gasteiger partial charge in [0.1, 0.15) is 5.82 Å². The third-order valence-electron chi connectivity index (χ3n) is 2.67. The normalized spacial score (nSPS) is 10.5. The molecule has 0 saturated carbocycles. The van der Waals surface area contributed by atoms with Crippen LogP contribution in [0.2, 0.25) is 0 Å². The van der Waals surface area contributed by atoms with Gasteiger partial charge in [0.15, 0.2) is 11.5 Å². The summed E-state index contributed by atoms with van der Waals surface area (Å²) in [7, 11) is 3.30. The second-order valence-electron chi connectivity index (χ2n) is 3.92. The summed E-state index contributed by atoms with van der Waals surface area (Å²) in [5, 5.41) is 14.1. The Bertz CT molecular complexity index is 518. The molecular formula is C12H15N3O2. The molecule has 17 heavy (non-hydrogen) atoms. The number of ether oxygens (including phenoxy) is 1. The molecule has 2 aromatic rings. The standard InChI is InChI=1S/C12H15N3O2/c1-7-4-8(5-10(16)12(7)17-3)9-6-11(13)15(2)14-9/h4-6,16H,13H2,1-3H3. The number of nitrogens with zero attached hydrogens (tertiary/aromatic N) is 2. The Labute approximate surface area is 99.4 Å². The minimum Gasteiger partial charge on any atom is -0.504 e. The van der Waals surface area contributed by atoms with Gasteiger partial charge in [-0.2, -0.15) is 5.10 Å². The van der Waals surface area contributed by atoms with E-state index < -0.39 is 0 Å². The Morgan fingerprint density at radius 2 is 2.06 bits per heavy atom. The highest BCUT2D eigenvalue weighted by Crippen LogP contribution is 2.34. The number of phenolic OH excluding ortho intramolecular Hbond substituents is 1. The van der Waals surface area contributed by atoms with Gasteiger partial charge in [-0.15, -0.1) is 0 Å². The zero-order valence-corrected chi connectivity index (χ0v) is 10.1. The molecule has 2 rings (SSSR count). The quantitative estimate of drug-likeness (QED) is 0.827. The van der Waals surface area contributed by atoms with Crippen molar-refractivity contribution in [3.05, 3.63) is 23.8 Å². The van der Waals surface area contributed by atoms with E-state index in [1.807, 2.05) is 13.0 Å². The lowest BCUT2D eigenvalue weighted by molar-refractivity contribution is 0.371. The van der Waals surface area contributed by atoms with Crippen molar-refractivity contribution < 1.29 is 9.84 Å². The Balaban J connectivity index is 2.54. The van der Waals surface area contributed by atoms with Gasteiger partial charge in [-0.1, -0.05) is 0 Å². The van der Waals surface area contributed by atoms with Gasteiger partial charge in [-0.3, -0.25) is 4.68 Å². The lowest BCUT2D eigenvalue weighted by Gasteiger charge is -2.08. The third-order valence-corrected chi connectivity index (χ3v) is 2.67. The van der Waals surface area contributed by atoms with Crippen LogP contribution in [0.3, 0.4) is 0 Å². The molecule has 0 saturated heterocycles. The van der Waals surface area contributed by atoms with Crippen LogP contribution in [0.15, 0.2) is 18.2 Å². The average molecular weight is 233 g/mol. The van der Waals surface area contributed by atoms with Crippen molar-refractivity contribution in [2.24, 2.45) is 7.05 Å². The van der Waals surface area contributed by atoms with Crippen molar-refractivity contribution >= 4 is 5.82 Å². The minimum atomic E-state index is 0.103. The molecule has 0 spiro atoms. The van der Waals surface area contributed by atoms with E-state index in [2.05, 4.69) is 5.10 Å². The fourth-order valence-electron chi connectivity index (χ4n) is 1.79. The average Bonchev–Trinajstić information content (AvgIpc) is 2.59. The highest BCUT2D eigenvalue weighted by molar-refractivity contribution is 5.67. The lowest BCUT2D eigenvalue weighted by Crippen LogP contribution is -1.96. The second kappa shape index (κ2) is 4.01. The van der Waals surface area contributed by atoms with Crippen LogP contribution in [0, 0.1) is 6.92 Å². The number of nitrogen functional groups attached to an aromatic ring is 1. The molecule has 1 aromatic heterocycles. The molecule has 0 fully saturated rings. The molecule has 0 unspecified atom stereocenters. The number of anilines is 1. The predicted octanol–water partition coefficient (Wildman–Crippen LogP) is 1.69. The molecule has 3 N–H and O–H groups in total. The van der Waals surface area contributed by atoms with Crippen molar-refractivity contribution in [1.82, 2.24) is 9.78 Å². The van der Waals surface area contributed by atoms with Gasteiger partial charge in [0, 0.05) is 18.7 Å². The number of hydrogen-bond donors (Lipinski definition) is 2. The Hall–Kier alpha value is -2.17. The van der Waals surface area contributed by atoms with Crippen molar-refractivity contribution in [1.29, 1.82) is 0 Å². The number of benzene rings is 1. The van der Waals surface area contributed by atoms with E-state index in [0.29, 0.717) is 11.6 Å². The van der Waals surface area contributed by atoms with Crippen LogP contribution < -0.4 is 10.5 Å². The fraction of sp³-hybridized carbons (Fsp3) is 0.250. The molecule has 0 aliphatic rings. The number of hydrogen-bond acceptors (Lipinski definition) is 4. The van der Waals surface area contributed by atoms with Crippen LogP contribution in [-0.2, 0) is 7.05 Å². The molecule has 0 aliphatic carbocycles. The summed E-state index contributed by atoms with van der Waals surface area (Å²) in [6.45, 7) is 1.87. The van der Waals surface area contributed by atoms with E-state index in [9.17, 15) is 5.11 Å². The summed E-state index contributed by atoms with van der Waals surface area (Å²) < 4.78 is 6.68. The van der Waals surface area contributed by atoms with E-state index in [4.69, 9.17) is 10.5 Å². The van der Waals surface area contributed by atoms with E-state index in [-0.39, 0.29) is 5.75 Å². The van der Waals surface area contributed by atoms with Gasteiger partial charge in [0.25, 0.3) is 0 Å². The van der Waals surface area contributed by atoms with Crippen molar-refractivity contribution in [2.75, 3.05) is 12.8 Å². The van der Waals surface area contributed by atoms with Crippen molar-refractivity contribution in [3.8, 4) is 22.8 Å². The summed E-state index contributed by atoms with van der Waals surface area (Å²) in [4.78, 5) is 0. The first-order valence-electron chi connectivity index (χ1n) is 5.20. The zero-order chi connectivity index (χ0) is 12.6. The molecule has 0 radical (unpaired) electrons. The number of phenols is 1. The molecule has 0 bridgehead atoms. The summed E-state index contributed by atoms with van der Waals surface area (Å²) >= 11 is 0. The first kappa shape index (κ1) is 11.3. The number of rotatable bonds is 2. The van der Waals surface area contributed by atoms with Gasteiger partial charge in [0.05, 0.1) is 12.8 Å². The van der Waals surface area contributed by atoms with Crippen LogP contribution in [0.25, 0.3) is 11.3 Å². The number of nitrogens with two attached hydrogens (primary N) is 1. The Morgan fingerprint density at radius 3 is 2.53 bits per heavy atom. The Kier molecular flexibility index (Phi) is 2.67. The molecule has 5 nitrogen and oxygen atoms in total. The minimum absolute atomic E-state index is 0.103. The topological polar surface area (TPSA) is 73.3 Å². The second-order valence-corrected chi connectivity index (χ2v) is 3.92. The SMILES string of the molecule is COc1c(C)cc(-c2cc(N)n(C)n2)cc1O. The van der Waals surface area contributed by atoms with E-state index >= 15 is 0 Å². The van der Waals surface area contributed by atoms with Gasteiger partial charge >= 0.3 is 0 Å². The maximum atomic E-state index is 9.82. The molecule has 90 valence electrons. The summed E-state index contributed by atoms with van der Waals surface area (Å²) in [6.07, 6.45) is 0. The smallest absolute Gasteiger partial charge is 0.163 e. The number of aryl methyl sites for hydroxylation is 2. The molecule has 0 atom stereocenters. The summed E-state index contributed by atoms with van der Waals surface area (Å²) in [5.74, 6) is 1.16. The zero-order valence-electron chi connectivity index (χ0n) is 10.1. The number of aromatic nitrogens is 2. The lowest BCUT2D eigenvalue weighted by atomic mass is 10.1. The number of aromatic hydroxyl groups is 1. The third kappa shape index (κ3) is 1.91. The van der Waals surface area contributed by atoms with E-state index in [0.717, 1.165) is 16.8 Å². The van der Waals surface area contributed by atoms with Gasteiger partial charge in [-0.25, -0.2) is 0 Å². The predicted molar refractivity (Wildman–Crippen MR) is 66.0 cm³/mol. The molecular weight excluding hydrogens is 218 g/mol. The fourth-order valence-corrected chi connectivity index (χ4v) is 1.79. The number of methoxy groups -OCH3 is 1. The van der Waals surface area contributed by atoms with Crippen molar-refractivity contribution in [2.45, 2.75) is 6.92 Å². The highest BCUT2D eigenvalue weighted by Gasteiger charge is 2.11. The first-order chi connectivity index (χ1) is 8.02. The van der Waals surface area contributed by atoms with Crippen LogP contribution in [0.1, 0.15) is 5.56 Å². The highest BCUT2D eigenvalue weighted by atomic mass is 16.5. The van der Waals surface area contributed by atoms with Gasteiger partial charge in [0.2, 0.25) is 0 Å². The monoisotopic (exact) mass is 233 g/mol. The van der Waals surface area contributed by atoms with Crippen LogP contribution >= 0.6 is 0 Å². The molecule has 0 amide bonds. The van der Waals surface area contributed by atoms with Gasteiger partial charge < -0.3 is 15.6 Å². The Morgan fingerprint density at radius 1 is 1.35 bits per heavy atom.